The van der Waals surface area contributed by atoms with Crippen LogP contribution in [-0.2, 0) is 4.74 Å². The topological polar surface area (TPSA) is 88.3 Å². The first-order valence-corrected chi connectivity index (χ1v) is 7.08. The second-order valence-corrected chi connectivity index (χ2v) is 5.09. The Morgan fingerprint density at radius 3 is 3.05 bits per heavy atom. The van der Waals surface area contributed by atoms with Crippen molar-refractivity contribution < 1.29 is 4.74 Å². The van der Waals surface area contributed by atoms with Crippen LogP contribution in [0.5, 0.6) is 0 Å². The molecule has 0 saturated carbocycles. The molecule has 1 saturated heterocycles. The normalized spacial score (nSPS) is 20.3. The van der Waals surface area contributed by atoms with Crippen molar-refractivity contribution in [3.63, 3.8) is 0 Å². The summed E-state index contributed by atoms with van der Waals surface area (Å²) in [4.78, 5) is 10.6. The lowest BCUT2D eigenvalue weighted by molar-refractivity contribution is -0.0192. The van der Waals surface area contributed by atoms with Crippen molar-refractivity contribution in [3.8, 4) is 0 Å². The Morgan fingerprint density at radius 1 is 1.53 bits per heavy atom. The van der Waals surface area contributed by atoms with Gasteiger partial charge in [0, 0.05) is 19.6 Å². The predicted octanol–water partition coefficient (Wildman–Crippen LogP) is 0.657. The Kier molecular flexibility index (Phi) is 5.32. The van der Waals surface area contributed by atoms with Crippen molar-refractivity contribution in [1.29, 1.82) is 0 Å². The van der Waals surface area contributed by atoms with Gasteiger partial charge in [-0.2, -0.15) is 0 Å². The van der Waals surface area contributed by atoms with Crippen LogP contribution in [0.1, 0.15) is 6.92 Å². The number of morpholine rings is 1. The standard InChI is InChI=1S/C11H19BrN6O/c1-2-18-3-4-19-8(6-18)5-14-10-9(12)11(17-13)16-7-15-10/h7-8H,2-6,13H2,1H3,(H2,14,15,16,17). The second kappa shape index (κ2) is 6.99. The summed E-state index contributed by atoms with van der Waals surface area (Å²) in [6.07, 6.45) is 1.63. The smallest absolute Gasteiger partial charge is 0.159 e. The number of nitrogens with one attached hydrogen (secondary N) is 2. The van der Waals surface area contributed by atoms with Crippen LogP contribution in [0.25, 0.3) is 0 Å². The number of rotatable bonds is 5. The number of halogens is 1. The van der Waals surface area contributed by atoms with Gasteiger partial charge >= 0.3 is 0 Å². The van der Waals surface area contributed by atoms with Gasteiger partial charge in [0.25, 0.3) is 0 Å². The van der Waals surface area contributed by atoms with E-state index in [9.17, 15) is 0 Å². The van der Waals surface area contributed by atoms with E-state index < -0.39 is 0 Å². The van der Waals surface area contributed by atoms with E-state index in [1.165, 1.54) is 6.33 Å². The monoisotopic (exact) mass is 330 g/mol. The molecule has 106 valence electrons. The highest BCUT2D eigenvalue weighted by molar-refractivity contribution is 9.10. The molecule has 1 atom stereocenters. The highest BCUT2D eigenvalue weighted by atomic mass is 79.9. The van der Waals surface area contributed by atoms with Gasteiger partial charge in [0.2, 0.25) is 0 Å². The second-order valence-electron chi connectivity index (χ2n) is 4.30. The van der Waals surface area contributed by atoms with Crippen molar-refractivity contribution in [2.24, 2.45) is 5.84 Å². The fourth-order valence-electron chi connectivity index (χ4n) is 2.00. The van der Waals surface area contributed by atoms with Gasteiger partial charge in [-0.15, -0.1) is 0 Å². The maximum atomic E-state index is 5.72. The minimum Gasteiger partial charge on any atom is -0.374 e. The maximum Gasteiger partial charge on any atom is 0.159 e. The lowest BCUT2D eigenvalue weighted by Gasteiger charge is -2.32. The van der Waals surface area contributed by atoms with Crippen molar-refractivity contribution in [2.45, 2.75) is 13.0 Å². The SMILES string of the molecule is CCN1CCOC(CNc2ncnc(NN)c2Br)C1. The minimum absolute atomic E-state index is 0.171. The first-order chi connectivity index (χ1) is 9.24. The van der Waals surface area contributed by atoms with Crippen LogP contribution in [-0.4, -0.2) is 53.8 Å². The van der Waals surface area contributed by atoms with Gasteiger partial charge in [-0.1, -0.05) is 6.92 Å². The van der Waals surface area contributed by atoms with Crippen LogP contribution in [0, 0.1) is 0 Å². The minimum atomic E-state index is 0.171. The molecule has 0 aromatic carbocycles. The summed E-state index contributed by atoms with van der Waals surface area (Å²) in [5, 5.41) is 3.26. The van der Waals surface area contributed by atoms with Crippen LogP contribution in [0.15, 0.2) is 10.8 Å². The van der Waals surface area contributed by atoms with Crippen LogP contribution in [0.2, 0.25) is 0 Å². The molecule has 2 heterocycles. The molecule has 1 aliphatic heterocycles. The van der Waals surface area contributed by atoms with Gasteiger partial charge in [-0.05, 0) is 22.5 Å². The summed E-state index contributed by atoms with van der Waals surface area (Å²) in [7, 11) is 0. The van der Waals surface area contributed by atoms with Gasteiger partial charge < -0.3 is 15.5 Å². The maximum absolute atomic E-state index is 5.72. The van der Waals surface area contributed by atoms with E-state index >= 15 is 0 Å². The Balaban J connectivity index is 1.91. The number of nitrogen functional groups attached to an aromatic ring is 1. The van der Waals surface area contributed by atoms with Gasteiger partial charge in [0.15, 0.2) is 5.82 Å². The van der Waals surface area contributed by atoms with Gasteiger partial charge in [-0.3, -0.25) is 4.90 Å². The molecule has 1 fully saturated rings. The van der Waals surface area contributed by atoms with Crippen molar-refractivity contribution >= 4 is 27.6 Å². The number of nitrogens with zero attached hydrogens (tertiary/aromatic N) is 3. The fraction of sp³-hybridized carbons (Fsp3) is 0.636. The van der Waals surface area contributed by atoms with Crippen molar-refractivity contribution in [3.05, 3.63) is 10.8 Å². The Morgan fingerprint density at radius 2 is 2.32 bits per heavy atom. The number of hydrazine groups is 1. The number of aromatic nitrogens is 2. The number of ether oxygens (including phenoxy) is 1. The largest absolute Gasteiger partial charge is 0.374 e. The molecule has 1 unspecified atom stereocenters. The number of likely N-dealkylation sites (N-methyl/N-ethyl adjacent to an activating group) is 1. The molecule has 0 aliphatic carbocycles. The fourth-order valence-corrected chi connectivity index (χ4v) is 2.45. The summed E-state index contributed by atoms with van der Waals surface area (Å²) in [5.41, 5.74) is 2.51. The van der Waals surface area contributed by atoms with Crippen molar-refractivity contribution in [1.82, 2.24) is 14.9 Å². The van der Waals surface area contributed by atoms with E-state index in [4.69, 9.17) is 10.6 Å². The summed E-state index contributed by atoms with van der Waals surface area (Å²) in [6, 6.07) is 0. The summed E-state index contributed by atoms with van der Waals surface area (Å²) < 4.78 is 6.45. The van der Waals surface area contributed by atoms with Crippen LogP contribution in [0.3, 0.4) is 0 Å². The molecule has 0 amide bonds. The molecule has 0 spiro atoms. The van der Waals surface area contributed by atoms with E-state index in [1.807, 2.05) is 0 Å². The lowest BCUT2D eigenvalue weighted by atomic mass is 10.2. The molecule has 1 aromatic heterocycles. The number of nitrogens with two attached hydrogens (primary N) is 1. The molecular formula is C11H19BrN6O. The van der Waals surface area contributed by atoms with Gasteiger partial charge in [-0.25, -0.2) is 15.8 Å². The lowest BCUT2D eigenvalue weighted by Crippen LogP contribution is -2.45. The third-order valence-electron chi connectivity index (χ3n) is 3.09. The molecule has 7 nitrogen and oxygen atoms in total. The third-order valence-corrected chi connectivity index (χ3v) is 3.84. The molecule has 1 aliphatic rings. The van der Waals surface area contributed by atoms with Crippen molar-refractivity contribution in [2.75, 3.05) is 43.5 Å². The Hall–Kier alpha value is -0.960. The Bertz CT molecular complexity index is 418. The average Bonchev–Trinajstić information content (AvgIpc) is 2.46. The van der Waals surface area contributed by atoms with E-state index in [1.54, 1.807) is 0 Å². The zero-order valence-electron chi connectivity index (χ0n) is 10.9. The molecule has 4 N–H and O–H groups in total. The Labute approximate surface area is 121 Å². The van der Waals surface area contributed by atoms with E-state index in [0.29, 0.717) is 18.2 Å². The molecule has 2 rings (SSSR count). The van der Waals surface area contributed by atoms with E-state index in [2.05, 4.69) is 48.5 Å². The average molecular weight is 331 g/mol. The molecule has 19 heavy (non-hydrogen) atoms. The molecule has 1 aromatic rings. The zero-order chi connectivity index (χ0) is 13.7. The van der Waals surface area contributed by atoms with Crippen LogP contribution >= 0.6 is 15.9 Å². The van der Waals surface area contributed by atoms with Gasteiger partial charge in [0.1, 0.15) is 16.6 Å². The number of anilines is 2. The first-order valence-electron chi connectivity index (χ1n) is 6.29. The zero-order valence-corrected chi connectivity index (χ0v) is 12.5. The molecule has 0 radical (unpaired) electrons. The number of hydrogen-bond donors (Lipinski definition) is 3. The summed E-state index contributed by atoms with van der Waals surface area (Å²) in [6.45, 7) is 6.64. The molecule has 8 heteroatoms. The first kappa shape index (κ1) is 14.4. The number of hydrogen-bond acceptors (Lipinski definition) is 7. The predicted molar refractivity (Wildman–Crippen MR) is 77.9 cm³/mol. The van der Waals surface area contributed by atoms with Gasteiger partial charge in [0.05, 0.1) is 12.7 Å². The molecular weight excluding hydrogens is 312 g/mol. The summed E-state index contributed by atoms with van der Waals surface area (Å²) >= 11 is 3.41. The van der Waals surface area contributed by atoms with Crippen LogP contribution < -0.4 is 16.6 Å². The highest BCUT2D eigenvalue weighted by Crippen LogP contribution is 2.25. The van der Waals surface area contributed by atoms with E-state index in [-0.39, 0.29) is 6.10 Å². The van der Waals surface area contributed by atoms with E-state index in [0.717, 1.165) is 30.7 Å². The highest BCUT2D eigenvalue weighted by Gasteiger charge is 2.19. The molecule has 0 bridgehead atoms. The summed E-state index contributed by atoms with van der Waals surface area (Å²) in [5.74, 6) is 6.63. The van der Waals surface area contributed by atoms with Crippen LogP contribution in [0.4, 0.5) is 11.6 Å². The third kappa shape index (κ3) is 3.75. The quantitative estimate of drug-likeness (QED) is 0.539.